The molecule has 24 heavy (non-hydrogen) atoms. The molecule has 0 saturated heterocycles. The molecular weight excluding hydrogens is 330 g/mol. The van der Waals surface area contributed by atoms with Crippen molar-refractivity contribution >= 4 is 28.8 Å². The van der Waals surface area contributed by atoms with Gasteiger partial charge >= 0.3 is 5.97 Å². The molecule has 0 heterocycles. The number of benzene rings is 2. The number of aromatic hydroxyl groups is 1. The van der Waals surface area contributed by atoms with E-state index in [1.807, 2.05) is 0 Å². The molecule has 0 aliphatic carbocycles. The van der Waals surface area contributed by atoms with Crippen molar-refractivity contribution in [3.63, 3.8) is 0 Å². The Morgan fingerprint density at radius 2 is 1.96 bits per heavy atom. The Balaban J connectivity index is 2.32. The minimum Gasteiger partial charge on any atom is -0.508 e. The Morgan fingerprint density at radius 3 is 2.58 bits per heavy atom. The third kappa shape index (κ3) is 4.67. The summed E-state index contributed by atoms with van der Waals surface area (Å²) < 4.78 is 10.2. The summed E-state index contributed by atoms with van der Waals surface area (Å²) in [5, 5.41) is 13.2. The summed E-state index contributed by atoms with van der Waals surface area (Å²) in [5.41, 5.74) is 1.58. The smallest absolute Gasteiger partial charge is 0.340 e. The molecule has 0 spiro atoms. The van der Waals surface area contributed by atoms with E-state index >= 15 is 0 Å². The predicted octanol–water partition coefficient (Wildman–Crippen LogP) is 4.07. The molecule has 2 N–H and O–H groups in total. The summed E-state index contributed by atoms with van der Waals surface area (Å²) in [6, 6.07) is 11.6. The molecule has 0 unspecified atom stereocenters. The fourth-order valence-electron chi connectivity index (χ4n) is 2.04. The molecule has 0 atom stereocenters. The Kier molecular flexibility index (Phi) is 6.09. The van der Waals surface area contributed by atoms with Crippen molar-refractivity contribution < 1.29 is 19.4 Å². The van der Waals surface area contributed by atoms with Crippen molar-refractivity contribution in [1.82, 2.24) is 0 Å². The van der Waals surface area contributed by atoms with Crippen LogP contribution in [0.5, 0.6) is 11.5 Å². The number of nitrogens with one attached hydrogen (secondary N) is 1. The molecule has 126 valence electrons. The number of phenolic OH excluding ortho intramolecular Hbond substituents is 1. The number of ether oxygens (including phenoxy) is 2. The number of hydrogen-bond acceptors (Lipinski definition) is 5. The third-order valence-corrected chi connectivity index (χ3v) is 3.41. The van der Waals surface area contributed by atoms with Crippen molar-refractivity contribution in [2.75, 3.05) is 19.0 Å². The molecular formula is C18H18ClNO4. The molecule has 0 aromatic heterocycles. The third-order valence-electron chi connectivity index (χ3n) is 3.16. The van der Waals surface area contributed by atoms with E-state index in [-0.39, 0.29) is 12.4 Å². The van der Waals surface area contributed by atoms with Crippen LogP contribution < -0.4 is 10.1 Å². The van der Waals surface area contributed by atoms with Crippen LogP contribution in [0, 0.1) is 0 Å². The maximum absolute atomic E-state index is 12.2. The van der Waals surface area contributed by atoms with Gasteiger partial charge in [-0.1, -0.05) is 23.7 Å². The number of halogens is 1. The highest BCUT2D eigenvalue weighted by atomic mass is 35.5. The van der Waals surface area contributed by atoms with Crippen LogP contribution in [0.3, 0.4) is 0 Å². The van der Waals surface area contributed by atoms with E-state index in [0.29, 0.717) is 27.6 Å². The summed E-state index contributed by atoms with van der Waals surface area (Å²) >= 11 is 5.89. The van der Waals surface area contributed by atoms with Crippen molar-refractivity contribution in [1.29, 1.82) is 0 Å². The van der Waals surface area contributed by atoms with Gasteiger partial charge in [0.05, 0.1) is 19.3 Å². The Bertz CT molecular complexity index is 741. The van der Waals surface area contributed by atoms with Crippen molar-refractivity contribution in [3.05, 3.63) is 59.3 Å². The molecule has 0 radical (unpaired) electrons. The normalized spacial score (nSPS) is 11.0. The standard InChI is InChI=1S/C18H18ClNO4/c1-3-24-18(22)17(12-4-6-13(19)7-5-12)11-20-14-8-15(21)10-16(9-14)23-2/h4-11,20-21H,3H2,1-2H3/b17-11+. The van der Waals surface area contributed by atoms with Crippen LogP contribution in [0.2, 0.25) is 5.02 Å². The van der Waals surface area contributed by atoms with Gasteiger partial charge < -0.3 is 19.9 Å². The van der Waals surface area contributed by atoms with Gasteiger partial charge in [0.2, 0.25) is 0 Å². The second-order valence-corrected chi connectivity index (χ2v) is 5.29. The number of rotatable bonds is 6. The molecule has 0 saturated carbocycles. The second-order valence-electron chi connectivity index (χ2n) is 4.85. The molecule has 0 fully saturated rings. The monoisotopic (exact) mass is 347 g/mol. The van der Waals surface area contributed by atoms with E-state index in [1.165, 1.54) is 25.4 Å². The lowest BCUT2D eigenvalue weighted by Gasteiger charge is -2.10. The lowest BCUT2D eigenvalue weighted by atomic mass is 10.1. The molecule has 2 rings (SSSR count). The number of methoxy groups -OCH3 is 1. The number of esters is 1. The van der Waals surface area contributed by atoms with E-state index in [1.54, 1.807) is 37.3 Å². The molecule has 0 amide bonds. The zero-order chi connectivity index (χ0) is 17.5. The largest absolute Gasteiger partial charge is 0.508 e. The first kappa shape index (κ1) is 17.7. The average molecular weight is 348 g/mol. The average Bonchev–Trinajstić information content (AvgIpc) is 2.56. The van der Waals surface area contributed by atoms with Gasteiger partial charge in [0.15, 0.2) is 0 Å². The first-order valence-electron chi connectivity index (χ1n) is 7.31. The van der Waals surface area contributed by atoms with Gasteiger partial charge in [0, 0.05) is 35.1 Å². The highest BCUT2D eigenvalue weighted by Gasteiger charge is 2.13. The Morgan fingerprint density at radius 1 is 1.25 bits per heavy atom. The van der Waals surface area contributed by atoms with Crippen LogP contribution in [0.4, 0.5) is 5.69 Å². The topological polar surface area (TPSA) is 67.8 Å². The fourth-order valence-corrected chi connectivity index (χ4v) is 2.16. The first-order chi connectivity index (χ1) is 11.5. The highest BCUT2D eigenvalue weighted by Crippen LogP contribution is 2.26. The van der Waals surface area contributed by atoms with Gasteiger partial charge in [-0.25, -0.2) is 4.79 Å². The molecule has 0 aliphatic heterocycles. The Labute approximate surface area is 145 Å². The maximum atomic E-state index is 12.2. The SMILES string of the molecule is CCOC(=O)/C(=C/Nc1cc(O)cc(OC)c1)c1ccc(Cl)cc1. The van der Waals surface area contributed by atoms with Crippen LogP contribution in [0.1, 0.15) is 12.5 Å². The van der Waals surface area contributed by atoms with Gasteiger partial charge in [-0.3, -0.25) is 0 Å². The van der Waals surface area contributed by atoms with Gasteiger partial charge in [-0.15, -0.1) is 0 Å². The molecule has 6 heteroatoms. The van der Waals surface area contributed by atoms with Crippen LogP contribution in [-0.4, -0.2) is 24.8 Å². The second kappa shape index (κ2) is 8.26. The number of hydrogen-bond donors (Lipinski definition) is 2. The number of anilines is 1. The highest BCUT2D eigenvalue weighted by molar-refractivity contribution is 6.30. The van der Waals surface area contributed by atoms with Crippen LogP contribution in [0.15, 0.2) is 48.7 Å². The van der Waals surface area contributed by atoms with E-state index in [0.717, 1.165) is 0 Å². The Hall–Kier alpha value is -2.66. The molecule has 0 bridgehead atoms. The van der Waals surface area contributed by atoms with Crippen molar-refractivity contribution in [2.45, 2.75) is 6.92 Å². The van der Waals surface area contributed by atoms with Crippen molar-refractivity contribution in [3.8, 4) is 11.5 Å². The number of carbonyl (C=O) groups excluding carboxylic acids is 1. The lowest BCUT2D eigenvalue weighted by molar-refractivity contribution is -0.136. The van der Waals surface area contributed by atoms with Crippen LogP contribution >= 0.6 is 11.6 Å². The van der Waals surface area contributed by atoms with Crippen LogP contribution in [-0.2, 0) is 9.53 Å². The fraction of sp³-hybridized carbons (Fsp3) is 0.167. The van der Waals surface area contributed by atoms with Gasteiger partial charge in [-0.05, 0) is 24.6 Å². The first-order valence-corrected chi connectivity index (χ1v) is 7.69. The van der Waals surface area contributed by atoms with E-state index in [9.17, 15) is 9.90 Å². The zero-order valence-corrected chi connectivity index (χ0v) is 14.1. The molecule has 2 aromatic rings. The summed E-state index contributed by atoms with van der Waals surface area (Å²) in [6.45, 7) is 2.01. The van der Waals surface area contributed by atoms with E-state index in [2.05, 4.69) is 5.32 Å². The van der Waals surface area contributed by atoms with Gasteiger partial charge in [0.1, 0.15) is 11.5 Å². The quantitative estimate of drug-likeness (QED) is 0.609. The number of phenols is 1. The minimum atomic E-state index is -0.459. The molecule has 5 nitrogen and oxygen atoms in total. The van der Waals surface area contributed by atoms with E-state index in [4.69, 9.17) is 21.1 Å². The van der Waals surface area contributed by atoms with Gasteiger partial charge in [0.25, 0.3) is 0 Å². The summed E-state index contributed by atoms with van der Waals surface area (Å²) in [6.07, 6.45) is 1.52. The van der Waals surface area contributed by atoms with E-state index < -0.39 is 5.97 Å². The van der Waals surface area contributed by atoms with Gasteiger partial charge in [-0.2, -0.15) is 0 Å². The van der Waals surface area contributed by atoms with Crippen LogP contribution in [0.25, 0.3) is 5.57 Å². The summed E-state index contributed by atoms with van der Waals surface area (Å²) in [7, 11) is 1.51. The zero-order valence-electron chi connectivity index (χ0n) is 13.4. The number of carbonyl (C=O) groups is 1. The van der Waals surface area contributed by atoms with Crippen molar-refractivity contribution in [2.24, 2.45) is 0 Å². The summed E-state index contributed by atoms with van der Waals surface area (Å²) in [4.78, 5) is 12.2. The predicted molar refractivity (Wildman–Crippen MR) is 94.3 cm³/mol. The molecule has 2 aromatic carbocycles. The lowest BCUT2D eigenvalue weighted by Crippen LogP contribution is -2.08. The summed E-state index contributed by atoms with van der Waals surface area (Å²) in [5.74, 6) is 0.0870. The maximum Gasteiger partial charge on any atom is 0.340 e. The minimum absolute atomic E-state index is 0.0504. The molecule has 0 aliphatic rings.